The third kappa shape index (κ3) is 4.33. The van der Waals surface area contributed by atoms with E-state index in [-0.39, 0.29) is 36.3 Å². The van der Waals surface area contributed by atoms with Gasteiger partial charge < -0.3 is 19.9 Å². The number of ether oxygens (including phenoxy) is 1. The topological polar surface area (TPSA) is 44.8 Å². The van der Waals surface area contributed by atoms with Gasteiger partial charge in [0.1, 0.15) is 5.75 Å². The van der Waals surface area contributed by atoms with Crippen molar-refractivity contribution in [1.82, 2.24) is 10.2 Å². The summed E-state index contributed by atoms with van der Waals surface area (Å²) in [6.45, 7) is 6.33. The van der Waals surface area contributed by atoms with Gasteiger partial charge in [-0.2, -0.15) is 0 Å². The molecule has 1 aromatic rings. The van der Waals surface area contributed by atoms with Crippen LogP contribution in [0, 0.1) is 0 Å². The van der Waals surface area contributed by atoms with Crippen LogP contribution in [0.3, 0.4) is 0 Å². The van der Waals surface area contributed by atoms with Gasteiger partial charge in [-0.25, -0.2) is 0 Å². The van der Waals surface area contributed by atoms with Crippen LogP contribution in [0.2, 0.25) is 0 Å². The third-order valence-electron chi connectivity index (χ3n) is 5.25. The van der Waals surface area contributed by atoms with Gasteiger partial charge >= 0.3 is 0 Å². The monoisotopic (exact) mass is 389 g/mol. The summed E-state index contributed by atoms with van der Waals surface area (Å²) in [5, 5.41) is 3.45. The summed E-state index contributed by atoms with van der Waals surface area (Å²) in [5.74, 6) is 1.19. The quantitative estimate of drug-likeness (QED) is 0.859. The smallest absolute Gasteiger partial charge is 0.242 e. The Morgan fingerprint density at radius 3 is 2.44 bits per heavy atom. The summed E-state index contributed by atoms with van der Waals surface area (Å²) < 4.78 is 5.46. The SMILES string of the molecule is CCC1(C(=O)N2CCN(c3ccccc3OC)CC2)CCCN1.Cl.Cl. The number of halogens is 2. The number of amides is 1. The van der Waals surface area contributed by atoms with Crippen LogP contribution in [-0.4, -0.2) is 56.2 Å². The molecule has 0 aliphatic carbocycles. The van der Waals surface area contributed by atoms with Gasteiger partial charge in [0.25, 0.3) is 0 Å². The summed E-state index contributed by atoms with van der Waals surface area (Å²) in [5.41, 5.74) is 0.804. The number of carbonyl (C=O) groups is 1. The molecule has 1 N–H and O–H groups in total. The molecule has 0 spiro atoms. The number of nitrogens with zero attached hydrogens (tertiary/aromatic N) is 2. The zero-order chi connectivity index (χ0) is 16.3. The first-order valence-electron chi connectivity index (χ1n) is 8.62. The summed E-state index contributed by atoms with van der Waals surface area (Å²) >= 11 is 0. The zero-order valence-corrected chi connectivity index (χ0v) is 16.6. The van der Waals surface area contributed by atoms with Crippen molar-refractivity contribution < 1.29 is 9.53 Å². The Bertz CT molecular complexity index is 557. The predicted octanol–water partition coefficient (Wildman–Crippen LogP) is 2.72. The molecule has 0 radical (unpaired) electrons. The molecule has 1 amide bonds. The summed E-state index contributed by atoms with van der Waals surface area (Å²) in [4.78, 5) is 17.3. The number of anilines is 1. The molecule has 0 bridgehead atoms. The van der Waals surface area contributed by atoms with E-state index in [0.717, 1.165) is 63.4 Å². The van der Waals surface area contributed by atoms with E-state index < -0.39 is 0 Å². The van der Waals surface area contributed by atoms with E-state index in [1.807, 2.05) is 23.1 Å². The first-order chi connectivity index (χ1) is 11.2. The fourth-order valence-corrected chi connectivity index (χ4v) is 3.79. The third-order valence-corrected chi connectivity index (χ3v) is 5.25. The second-order valence-corrected chi connectivity index (χ2v) is 6.42. The van der Waals surface area contributed by atoms with Crippen molar-refractivity contribution >= 4 is 36.4 Å². The number of hydrogen-bond acceptors (Lipinski definition) is 4. The van der Waals surface area contributed by atoms with E-state index in [1.54, 1.807) is 7.11 Å². The fraction of sp³-hybridized carbons (Fsp3) is 0.611. The van der Waals surface area contributed by atoms with Crippen LogP contribution < -0.4 is 15.0 Å². The first kappa shape index (κ1) is 21.9. The molecule has 2 fully saturated rings. The second kappa shape index (κ2) is 9.51. The Morgan fingerprint density at radius 1 is 1.20 bits per heavy atom. The van der Waals surface area contributed by atoms with Gasteiger partial charge in [0, 0.05) is 26.2 Å². The van der Waals surface area contributed by atoms with E-state index in [4.69, 9.17) is 4.74 Å². The normalized spacial score (nSPS) is 22.8. The lowest BCUT2D eigenvalue weighted by Crippen LogP contribution is -2.59. The van der Waals surface area contributed by atoms with Crippen LogP contribution in [0.5, 0.6) is 5.75 Å². The molecule has 2 saturated heterocycles. The number of hydrogen-bond donors (Lipinski definition) is 1. The maximum absolute atomic E-state index is 12.9. The highest BCUT2D eigenvalue weighted by molar-refractivity contribution is 5.87. The number of piperazine rings is 1. The Balaban J connectivity index is 0.00000156. The number of rotatable bonds is 4. The lowest BCUT2D eigenvalue weighted by molar-refractivity contribution is -0.138. The first-order valence-corrected chi connectivity index (χ1v) is 8.62. The molecule has 1 atom stereocenters. The molecular formula is C18H29Cl2N3O2. The van der Waals surface area contributed by atoms with Gasteiger partial charge in [-0.05, 0) is 37.9 Å². The molecule has 2 heterocycles. The minimum atomic E-state index is -0.313. The fourth-order valence-electron chi connectivity index (χ4n) is 3.79. The summed E-state index contributed by atoms with van der Waals surface area (Å²) in [6.07, 6.45) is 2.94. The maximum atomic E-state index is 12.9. The van der Waals surface area contributed by atoms with Crippen molar-refractivity contribution in [3.05, 3.63) is 24.3 Å². The highest BCUT2D eigenvalue weighted by Crippen LogP contribution is 2.30. The highest BCUT2D eigenvalue weighted by atomic mass is 35.5. The Morgan fingerprint density at radius 2 is 1.88 bits per heavy atom. The number of nitrogens with one attached hydrogen (secondary N) is 1. The van der Waals surface area contributed by atoms with Crippen molar-refractivity contribution in [2.45, 2.75) is 31.7 Å². The number of methoxy groups -OCH3 is 1. The number of benzene rings is 1. The van der Waals surface area contributed by atoms with Crippen molar-refractivity contribution in [3.63, 3.8) is 0 Å². The molecule has 2 aliphatic heterocycles. The van der Waals surface area contributed by atoms with Gasteiger partial charge in [0.15, 0.2) is 0 Å². The van der Waals surface area contributed by atoms with Gasteiger partial charge in [-0.3, -0.25) is 4.79 Å². The van der Waals surface area contributed by atoms with Crippen LogP contribution in [-0.2, 0) is 4.79 Å². The summed E-state index contributed by atoms with van der Waals surface area (Å²) in [7, 11) is 1.70. The van der Waals surface area contributed by atoms with Crippen molar-refractivity contribution in [2.75, 3.05) is 44.7 Å². The Labute approximate surface area is 162 Å². The molecule has 25 heavy (non-hydrogen) atoms. The minimum absolute atomic E-state index is 0. The maximum Gasteiger partial charge on any atom is 0.242 e. The molecule has 0 aromatic heterocycles. The average molecular weight is 390 g/mol. The summed E-state index contributed by atoms with van der Waals surface area (Å²) in [6, 6.07) is 8.09. The largest absolute Gasteiger partial charge is 0.495 e. The van der Waals surface area contributed by atoms with Gasteiger partial charge in [0.2, 0.25) is 5.91 Å². The molecular weight excluding hydrogens is 361 g/mol. The van der Waals surface area contributed by atoms with E-state index in [1.165, 1.54) is 0 Å². The molecule has 2 aliphatic rings. The molecule has 1 aromatic carbocycles. The van der Waals surface area contributed by atoms with Crippen LogP contribution in [0.1, 0.15) is 26.2 Å². The van der Waals surface area contributed by atoms with Crippen molar-refractivity contribution in [1.29, 1.82) is 0 Å². The van der Waals surface area contributed by atoms with Gasteiger partial charge in [0.05, 0.1) is 18.3 Å². The number of carbonyl (C=O) groups excluding carboxylic acids is 1. The van der Waals surface area contributed by atoms with Crippen LogP contribution in [0.25, 0.3) is 0 Å². The van der Waals surface area contributed by atoms with Crippen molar-refractivity contribution in [2.24, 2.45) is 0 Å². The molecule has 1 unspecified atom stereocenters. The highest BCUT2D eigenvalue weighted by Gasteiger charge is 2.42. The zero-order valence-electron chi connectivity index (χ0n) is 15.0. The molecule has 5 nitrogen and oxygen atoms in total. The lowest BCUT2D eigenvalue weighted by Gasteiger charge is -2.40. The van der Waals surface area contributed by atoms with Crippen LogP contribution in [0.4, 0.5) is 5.69 Å². The van der Waals surface area contributed by atoms with E-state index >= 15 is 0 Å². The standard InChI is InChI=1S/C18H27N3O2.2ClH/c1-3-18(9-6-10-19-18)17(22)21-13-11-20(12-14-21)15-7-4-5-8-16(15)23-2;;/h4-5,7-8,19H,3,6,9-14H2,1-2H3;2*1H. The van der Waals surface area contributed by atoms with Crippen molar-refractivity contribution in [3.8, 4) is 5.75 Å². The Hall–Kier alpha value is -1.17. The van der Waals surface area contributed by atoms with E-state index in [9.17, 15) is 4.79 Å². The predicted molar refractivity (Wildman–Crippen MR) is 107 cm³/mol. The van der Waals surface area contributed by atoms with Crippen LogP contribution in [0.15, 0.2) is 24.3 Å². The molecule has 142 valence electrons. The van der Waals surface area contributed by atoms with E-state index in [0.29, 0.717) is 0 Å². The molecule has 3 rings (SSSR count). The number of para-hydroxylation sites is 2. The molecule has 7 heteroatoms. The average Bonchev–Trinajstić information content (AvgIpc) is 3.11. The van der Waals surface area contributed by atoms with Gasteiger partial charge in [-0.15, -0.1) is 24.8 Å². The lowest BCUT2D eigenvalue weighted by atomic mass is 9.92. The van der Waals surface area contributed by atoms with E-state index in [2.05, 4.69) is 23.2 Å². The Kier molecular flexibility index (Phi) is 8.32. The van der Waals surface area contributed by atoms with Gasteiger partial charge in [-0.1, -0.05) is 19.1 Å². The minimum Gasteiger partial charge on any atom is -0.495 e. The molecule has 0 saturated carbocycles. The van der Waals surface area contributed by atoms with Crippen LogP contribution >= 0.6 is 24.8 Å². The second-order valence-electron chi connectivity index (χ2n) is 6.42.